The third-order valence-electron chi connectivity index (χ3n) is 5.05. The number of nitrogens with one attached hydrogen (secondary N) is 1. The van der Waals surface area contributed by atoms with Crippen LogP contribution in [0, 0.1) is 6.92 Å². The van der Waals surface area contributed by atoms with Crippen molar-refractivity contribution in [1.29, 1.82) is 0 Å². The zero-order valence-corrected chi connectivity index (χ0v) is 15.0. The Morgan fingerprint density at radius 3 is 2.58 bits per heavy atom. The first-order valence-electron chi connectivity index (χ1n) is 9.04. The Balaban J connectivity index is 2.09. The van der Waals surface area contributed by atoms with Gasteiger partial charge >= 0.3 is 0 Å². The zero-order valence-electron chi connectivity index (χ0n) is 15.0. The molecule has 3 N–H and O–H groups in total. The van der Waals surface area contributed by atoms with E-state index >= 15 is 0 Å². The normalized spacial score (nSPS) is 11.5. The van der Waals surface area contributed by atoms with Gasteiger partial charge in [-0.3, -0.25) is 0 Å². The molecule has 0 amide bonds. The van der Waals surface area contributed by atoms with Gasteiger partial charge in [-0.05, 0) is 37.0 Å². The van der Waals surface area contributed by atoms with E-state index < -0.39 is 0 Å². The molecule has 0 unspecified atom stereocenters. The monoisotopic (exact) mass is 324 g/mol. The molecule has 0 atom stereocenters. The fourth-order valence-corrected chi connectivity index (χ4v) is 3.77. The minimum atomic E-state index is 0.747. The molecule has 0 radical (unpaired) electrons. The number of para-hydroxylation sites is 1. The molecule has 24 heavy (non-hydrogen) atoms. The number of nitrogens with two attached hydrogens (primary N) is 1. The van der Waals surface area contributed by atoms with Crippen molar-refractivity contribution < 1.29 is 4.74 Å². The van der Waals surface area contributed by atoms with Crippen molar-refractivity contribution in [2.45, 2.75) is 52.4 Å². The van der Waals surface area contributed by atoms with Crippen molar-refractivity contribution in [2.24, 2.45) is 0 Å². The summed E-state index contributed by atoms with van der Waals surface area (Å²) < 4.78 is 5.65. The summed E-state index contributed by atoms with van der Waals surface area (Å²) in [6, 6.07) is 8.36. The summed E-state index contributed by atoms with van der Waals surface area (Å²) >= 11 is 0. The summed E-state index contributed by atoms with van der Waals surface area (Å²) in [6.07, 6.45) is 7.47. The van der Waals surface area contributed by atoms with E-state index in [1.54, 1.807) is 7.11 Å². The van der Waals surface area contributed by atoms with E-state index in [-0.39, 0.29) is 0 Å². The van der Waals surface area contributed by atoms with Crippen molar-refractivity contribution in [3.63, 3.8) is 0 Å². The Morgan fingerprint density at radius 2 is 1.83 bits per heavy atom. The Bertz CT molecular complexity index is 848. The maximum Gasteiger partial charge on any atom is 0.145 e. The van der Waals surface area contributed by atoms with Gasteiger partial charge in [0.1, 0.15) is 5.75 Å². The van der Waals surface area contributed by atoms with Crippen LogP contribution >= 0.6 is 0 Å². The summed E-state index contributed by atoms with van der Waals surface area (Å²) in [6.45, 7) is 4.38. The zero-order chi connectivity index (χ0) is 17.1. The Labute approximate surface area is 144 Å². The van der Waals surface area contributed by atoms with Gasteiger partial charge in [-0.2, -0.15) is 0 Å². The summed E-state index contributed by atoms with van der Waals surface area (Å²) in [5.41, 5.74) is 12.0. The Hall–Kier alpha value is -2.16. The largest absolute Gasteiger partial charge is 0.494 e. The molecule has 2 aromatic carbocycles. The smallest absolute Gasteiger partial charge is 0.145 e. The fourth-order valence-electron chi connectivity index (χ4n) is 3.77. The first-order chi connectivity index (χ1) is 11.7. The maximum atomic E-state index is 6.46. The highest BCUT2D eigenvalue weighted by Crippen LogP contribution is 2.41. The average Bonchev–Trinajstić information content (AvgIpc) is 2.97. The molecular weight excluding hydrogens is 296 g/mol. The van der Waals surface area contributed by atoms with Gasteiger partial charge in [-0.25, -0.2) is 0 Å². The second kappa shape index (κ2) is 7.16. The SMILES string of the molecule is CCCCCCCc1c(C)c(OC)c(N)c2c1[nH]c1ccccc12. The van der Waals surface area contributed by atoms with Crippen LogP contribution < -0.4 is 10.5 Å². The van der Waals surface area contributed by atoms with Crippen molar-refractivity contribution in [2.75, 3.05) is 12.8 Å². The van der Waals surface area contributed by atoms with Crippen LogP contribution in [0.2, 0.25) is 0 Å². The van der Waals surface area contributed by atoms with Gasteiger partial charge in [0.05, 0.1) is 18.3 Å². The highest BCUT2D eigenvalue weighted by atomic mass is 16.5. The van der Waals surface area contributed by atoms with E-state index in [0.717, 1.165) is 28.8 Å². The number of aromatic nitrogens is 1. The van der Waals surface area contributed by atoms with Crippen molar-refractivity contribution in [3.05, 3.63) is 35.4 Å². The number of anilines is 1. The van der Waals surface area contributed by atoms with Crippen LogP contribution in [0.4, 0.5) is 5.69 Å². The summed E-state index contributed by atoms with van der Waals surface area (Å²) in [4.78, 5) is 3.60. The predicted octanol–water partition coefficient (Wildman–Crippen LogP) is 5.73. The van der Waals surface area contributed by atoms with Crippen molar-refractivity contribution in [3.8, 4) is 5.75 Å². The van der Waals surface area contributed by atoms with Gasteiger partial charge in [0.2, 0.25) is 0 Å². The molecular formula is C21H28N2O. The molecule has 0 aliphatic rings. The van der Waals surface area contributed by atoms with Crippen LogP contribution in [-0.4, -0.2) is 12.1 Å². The van der Waals surface area contributed by atoms with Crippen LogP contribution in [0.3, 0.4) is 0 Å². The number of benzene rings is 2. The molecule has 3 heteroatoms. The standard InChI is InChI=1S/C21H28N2O/c1-4-5-6-7-8-11-15-14(2)21(24-3)19(22)18-16-12-9-10-13-17(16)23-20(15)18/h9-10,12-13,23H,4-8,11,22H2,1-3H3. The summed E-state index contributed by atoms with van der Waals surface area (Å²) in [5, 5.41) is 2.28. The van der Waals surface area contributed by atoms with E-state index in [1.807, 2.05) is 0 Å². The average molecular weight is 324 g/mol. The number of nitrogen functional groups attached to an aromatic ring is 1. The van der Waals surface area contributed by atoms with Crippen LogP contribution in [0.1, 0.15) is 50.2 Å². The number of hydrogen-bond acceptors (Lipinski definition) is 2. The second-order valence-electron chi connectivity index (χ2n) is 6.64. The number of ether oxygens (including phenoxy) is 1. The second-order valence-corrected chi connectivity index (χ2v) is 6.64. The van der Waals surface area contributed by atoms with Crippen molar-refractivity contribution in [1.82, 2.24) is 4.98 Å². The lowest BCUT2D eigenvalue weighted by Crippen LogP contribution is -2.01. The minimum absolute atomic E-state index is 0.747. The van der Waals surface area contributed by atoms with E-state index in [1.165, 1.54) is 54.1 Å². The third-order valence-corrected chi connectivity index (χ3v) is 5.05. The van der Waals surface area contributed by atoms with Gasteiger partial charge in [-0.1, -0.05) is 50.8 Å². The van der Waals surface area contributed by atoms with Gasteiger partial charge in [0.25, 0.3) is 0 Å². The highest BCUT2D eigenvalue weighted by Gasteiger charge is 2.19. The number of methoxy groups -OCH3 is 1. The lowest BCUT2D eigenvalue weighted by Gasteiger charge is -2.15. The molecule has 128 valence electrons. The summed E-state index contributed by atoms with van der Waals surface area (Å²) in [5.74, 6) is 0.829. The molecule has 0 fully saturated rings. The van der Waals surface area contributed by atoms with Gasteiger partial charge < -0.3 is 15.5 Å². The number of fused-ring (bicyclic) bond motifs is 3. The molecule has 1 heterocycles. The van der Waals surface area contributed by atoms with Crippen LogP contribution in [0.25, 0.3) is 21.8 Å². The van der Waals surface area contributed by atoms with Crippen LogP contribution in [-0.2, 0) is 6.42 Å². The summed E-state index contributed by atoms with van der Waals surface area (Å²) in [7, 11) is 1.71. The van der Waals surface area contributed by atoms with Crippen LogP contribution in [0.15, 0.2) is 24.3 Å². The van der Waals surface area contributed by atoms with E-state index in [4.69, 9.17) is 10.5 Å². The number of H-pyrrole nitrogens is 1. The molecule has 0 bridgehead atoms. The predicted molar refractivity (Wildman–Crippen MR) is 104 cm³/mol. The molecule has 3 aromatic rings. The molecule has 3 nitrogen and oxygen atoms in total. The number of rotatable bonds is 7. The highest BCUT2D eigenvalue weighted by molar-refractivity contribution is 6.15. The third kappa shape index (κ3) is 2.83. The lowest BCUT2D eigenvalue weighted by molar-refractivity contribution is 0.413. The van der Waals surface area contributed by atoms with Gasteiger partial charge in [-0.15, -0.1) is 0 Å². The Morgan fingerprint density at radius 1 is 1.08 bits per heavy atom. The molecule has 0 aliphatic heterocycles. The van der Waals surface area contributed by atoms with E-state index in [9.17, 15) is 0 Å². The number of hydrogen-bond donors (Lipinski definition) is 2. The van der Waals surface area contributed by atoms with Crippen molar-refractivity contribution >= 4 is 27.5 Å². The topological polar surface area (TPSA) is 51.0 Å². The number of unbranched alkanes of at least 4 members (excludes halogenated alkanes) is 4. The van der Waals surface area contributed by atoms with Crippen LogP contribution in [0.5, 0.6) is 5.75 Å². The minimum Gasteiger partial charge on any atom is -0.494 e. The number of aromatic amines is 1. The molecule has 0 saturated heterocycles. The first kappa shape index (κ1) is 16.7. The first-order valence-corrected chi connectivity index (χ1v) is 9.04. The molecule has 0 spiro atoms. The Kier molecular flexibility index (Phi) is 4.98. The maximum absolute atomic E-state index is 6.46. The number of aryl methyl sites for hydroxylation is 1. The van der Waals surface area contributed by atoms with E-state index in [2.05, 4.69) is 43.1 Å². The van der Waals surface area contributed by atoms with Gasteiger partial charge in [0.15, 0.2) is 0 Å². The lowest BCUT2D eigenvalue weighted by atomic mass is 9.96. The molecule has 3 rings (SSSR count). The van der Waals surface area contributed by atoms with E-state index in [0.29, 0.717) is 0 Å². The quantitative estimate of drug-likeness (QED) is 0.430. The molecule has 1 aromatic heterocycles. The molecule has 0 aliphatic carbocycles. The molecule has 0 saturated carbocycles. The van der Waals surface area contributed by atoms with Gasteiger partial charge in [0, 0.05) is 16.3 Å². The fraction of sp³-hybridized carbons (Fsp3) is 0.429.